The number of hydrogen-bond donors (Lipinski definition) is 3. The van der Waals surface area contributed by atoms with Crippen molar-refractivity contribution in [2.24, 2.45) is 46.3 Å². The van der Waals surface area contributed by atoms with Crippen LogP contribution in [0.15, 0.2) is 109 Å². The number of esters is 3. The van der Waals surface area contributed by atoms with Gasteiger partial charge in [0, 0.05) is 86.3 Å². The number of rotatable bonds is 14. The molecule has 14 atom stereocenters. The molecule has 0 amide bonds. The molecule has 3 N–H and O–H groups in total. The zero-order valence-electron chi connectivity index (χ0n) is 60.8. The fourth-order valence-electron chi connectivity index (χ4n) is 23.6. The van der Waals surface area contributed by atoms with E-state index in [0.29, 0.717) is 37.0 Å². The molecule has 0 radical (unpaired) electrons. The van der Waals surface area contributed by atoms with Crippen molar-refractivity contribution < 1.29 is 63.0 Å². The number of nitrogens with zero attached hydrogens (tertiary/aromatic N) is 4. The minimum Gasteiger partial charge on any atom is -0.462 e. The molecule has 17 heteroatoms. The zero-order chi connectivity index (χ0) is 71.6. The van der Waals surface area contributed by atoms with Gasteiger partial charge in [-0.15, -0.1) is 0 Å². The molecular formula is C87H94N4O13. The lowest BCUT2D eigenvalue weighted by atomic mass is 9.47. The maximum absolute atomic E-state index is 13.7. The second-order valence-corrected chi connectivity index (χ2v) is 34.1. The number of aryl methyl sites for hydroxylation is 2. The summed E-state index contributed by atoms with van der Waals surface area (Å²) in [5.74, 6) is 2.99. The number of ketones is 2. The molecule has 0 spiro atoms. The number of aliphatic hydroxyl groups excluding tert-OH is 1. The number of ether oxygens (including phenoxy) is 5. The highest BCUT2D eigenvalue weighted by atomic mass is 16.6. The number of para-hydroxylation sites is 4. The van der Waals surface area contributed by atoms with Crippen LogP contribution in [0.2, 0.25) is 0 Å². The Bertz CT molecular complexity index is 5440. The summed E-state index contributed by atoms with van der Waals surface area (Å²) >= 11 is 0. The highest BCUT2D eigenvalue weighted by molar-refractivity contribution is 6.33. The van der Waals surface area contributed by atoms with Crippen LogP contribution in [0, 0.1) is 46.3 Å². The van der Waals surface area contributed by atoms with Crippen LogP contribution in [0.4, 0.5) is 0 Å². The molecular weight excluding hydrogens is 1310 g/mol. The first-order valence-corrected chi connectivity index (χ1v) is 38.7. The number of allylic oxidation sites excluding steroid dienone is 1. The van der Waals surface area contributed by atoms with Crippen molar-refractivity contribution in [3.63, 3.8) is 0 Å². The normalized spacial score (nSPS) is 31.5. The van der Waals surface area contributed by atoms with Crippen molar-refractivity contribution in [1.82, 2.24) is 18.3 Å². The zero-order valence-corrected chi connectivity index (χ0v) is 60.8. The van der Waals surface area contributed by atoms with Crippen molar-refractivity contribution in [3.05, 3.63) is 131 Å². The Hall–Kier alpha value is -8.19. The summed E-state index contributed by atoms with van der Waals surface area (Å²) < 4.78 is 39.2. The van der Waals surface area contributed by atoms with Gasteiger partial charge in [0.05, 0.1) is 63.6 Å². The highest BCUT2D eigenvalue weighted by Crippen LogP contribution is 2.68. The summed E-state index contributed by atoms with van der Waals surface area (Å²) in [5.41, 5.74) is 7.41. The maximum Gasteiger partial charge on any atom is 0.344 e. The Morgan fingerprint density at radius 2 is 1.11 bits per heavy atom. The molecule has 4 bridgehead atoms. The van der Waals surface area contributed by atoms with Crippen molar-refractivity contribution >= 4 is 117 Å². The van der Waals surface area contributed by atoms with Gasteiger partial charge in [-0.3, -0.25) is 19.2 Å². The molecule has 104 heavy (non-hydrogen) atoms. The number of hydrogen-bond acceptors (Lipinski definition) is 13. The van der Waals surface area contributed by atoms with Gasteiger partial charge in [-0.1, -0.05) is 138 Å². The number of aliphatic hydroxyl groups is 3. The first-order chi connectivity index (χ1) is 50.0. The van der Waals surface area contributed by atoms with E-state index in [1.54, 1.807) is 0 Å². The Kier molecular flexibility index (Phi) is 15.0. The molecule has 6 aromatic carbocycles. The Balaban J connectivity index is 0.000000186. The van der Waals surface area contributed by atoms with Crippen LogP contribution in [0.5, 0.6) is 0 Å². The smallest absolute Gasteiger partial charge is 0.344 e. The van der Waals surface area contributed by atoms with E-state index in [4.69, 9.17) is 23.7 Å². The van der Waals surface area contributed by atoms with E-state index in [1.165, 1.54) is 50.5 Å². The lowest BCUT2D eigenvalue weighted by Gasteiger charge is -2.58. The second kappa shape index (κ2) is 23.4. The monoisotopic (exact) mass is 1400 g/mol. The van der Waals surface area contributed by atoms with Gasteiger partial charge in [0.1, 0.15) is 30.8 Å². The molecule has 6 aliphatic carbocycles. The molecule has 5 unspecified atom stereocenters. The predicted molar refractivity (Wildman–Crippen MR) is 398 cm³/mol. The van der Waals surface area contributed by atoms with Crippen LogP contribution in [0.3, 0.4) is 0 Å². The molecule has 3 saturated carbocycles. The minimum atomic E-state index is -1.71. The Morgan fingerprint density at radius 1 is 0.577 bits per heavy atom. The second-order valence-electron chi connectivity index (χ2n) is 34.1. The molecule has 10 aromatic rings. The van der Waals surface area contributed by atoms with Crippen LogP contribution in [0.1, 0.15) is 202 Å². The number of carbonyl (C=O) groups is 5. The number of aromatic nitrogens is 4. The summed E-state index contributed by atoms with van der Waals surface area (Å²) in [4.78, 5) is 66.4. The summed E-state index contributed by atoms with van der Waals surface area (Å²) in [6.07, 6.45) is 16.6. The topological polar surface area (TPSA) is 212 Å². The van der Waals surface area contributed by atoms with Gasteiger partial charge in [-0.2, -0.15) is 0 Å². The standard InChI is InChI=1S/C60H72N2O9.C27H22N2O4/c1-34(2)12-11-13-35(3)42-21-22-43-38-19-18-36-30-37(26-28-57(36,4)44(38)27-29-58(42,43)5)70-50(65)25-24-49(64)68-32-51(66)69-33-60(67)31-48-61-45-16-9-7-14-39(45)54-53-41(20-23-47(53)63)52-40-15-8-10-17-46(40)62(56(52)55(54)61)59(60,6)71-48;1-26-27(32,13-30)12-20(33-26)28-17-8-4-2-6-14(17)23-22-16(10-11-19(22)31)21-15-7-3-5-9-18(15)29(26)25(21)24(23)28/h7-10,14-18,34-35,37-38,42-44,48,67H,11-13,19-33H2,1-6H3;2-9,20,30,32H,10-13H2,1H3/t35?,37-,38?,42?,43?,44?,48+,57-,58+,59-,60-;20-,26+,27+/m01/s1. The van der Waals surface area contributed by atoms with Crippen molar-refractivity contribution in [1.29, 1.82) is 0 Å². The highest BCUT2D eigenvalue weighted by Gasteiger charge is 2.64. The third kappa shape index (κ3) is 9.05. The van der Waals surface area contributed by atoms with E-state index in [2.05, 4.69) is 83.2 Å². The molecule has 5 fully saturated rings. The molecule has 4 aliphatic heterocycles. The summed E-state index contributed by atoms with van der Waals surface area (Å²) in [5, 5.41) is 42.9. The summed E-state index contributed by atoms with van der Waals surface area (Å²) in [7, 11) is 0. The van der Waals surface area contributed by atoms with E-state index in [9.17, 15) is 39.3 Å². The summed E-state index contributed by atoms with van der Waals surface area (Å²) in [6, 6.07) is 32.3. The molecule has 4 aromatic heterocycles. The lowest BCUT2D eigenvalue weighted by Crippen LogP contribution is -2.54. The Labute approximate surface area is 603 Å². The number of benzene rings is 6. The van der Waals surface area contributed by atoms with Crippen LogP contribution in [0.25, 0.3) is 87.2 Å². The maximum atomic E-state index is 13.7. The Morgan fingerprint density at radius 3 is 1.67 bits per heavy atom. The van der Waals surface area contributed by atoms with Gasteiger partial charge in [-0.05, 0) is 153 Å². The van der Waals surface area contributed by atoms with E-state index in [0.717, 1.165) is 165 Å². The summed E-state index contributed by atoms with van der Waals surface area (Å²) in [6.45, 7) is 14.6. The van der Waals surface area contributed by atoms with Crippen LogP contribution in [-0.4, -0.2) is 100 Å². The molecule has 2 saturated heterocycles. The fraction of sp³-hybridized carbons (Fsp3) is 0.506. The van der Waals surface area contributed by atoms with Gasteiger partial charge >= 0.3 is 17.9 Å². The van der Waals surface area contributed by atoms with Crippen LogP contribution in [-0.2, 0) is 62.4 Å². The average molecular weight is 1400 g/mol. The van der Waals surface area contributed by atoms with Gasteiger partial charge in [0.25, 0.3) is 0 Å². The van der Waals surface area contributed by atoms with E-state index in [1.807, 2.05) is 86.6 Å². The third-order valence-electron chi connectivity index (χ3n) is 28.6. The van der Waals surface area contributed by atoms with Crippen molar-refractivity contribution in [2.45, 2.75) is 212 Å². The first kappa shape index (κ1) is 66.5. The van der Waals surface area contributed by atoms with E-state index < -0.39 is 72.8 Å². The van der Waals surface area contributed by atoms with E-state index >= 15 is 0 Å². The van der Waals surface area contributed by atoms with E-state index in [-0.39, 0.29) is 48.8 Å². The number of carbonyl (C=O) groups excluding carboxylic acids is 5. The van der Waals surface area contributed by atoms with Gasteiger partial charge in [0.15, 0.2) is 35.2 Å². The fourth-order valence-corrected chi connectivity index (χ4v) is 23.6. The van der Waals surface area contributed by atoms with Crippen molar-refractivity contribution in [2.75, 3.05) is 19.8 Å². The van der Waals surface area contributed by atoms with Gasteiger partial charge in [-0.25, -0.2) is 4.79 Å². The van der Waals surface area contributed by atoms with Gasteiger partial charge < -0.3 is 57.3 Å². The largest absolute Gasteiger partial charge is 0.462 e. The SMILES string of the molecule is CC(C)CCCC(C)C1CCC2C3CC=C4C[C@@H](OC(=O)CCC(=O)OCC(=O)OC[C@@]5(O)C[C@H]6O[C@]5(C)n5c7ccccc7c7c8c(c9c%10ccccc%10n6c9c75)C(=O)CC8)CC[C@]4(C)C3CC[C@]12C.C[C@]12O[C@H](C[C@]1(O)CO)n1c3ccccc3c3c4c(c5c6ccccc6n2c5c31)CCC4=O. The predicted octanol–water partition coefficient (Wildman–Crippen LogP) is 16.5. The molecule has 8 heterocycles. The first-order valence-electron chi connectivity index (χ1n) is 38.7. The number of Topliss-reactive ketones (excluding diaryl/α,β-unsaturated/α-hetero) is 2. The lowest BCUT2D eigenvalue weighted by molar-refractivity contribution is -0.200. The molecule has 20 rings (SSSR count). The molecule has 17 nitrogen and oxygen atoms in total. The third-order valence-corrected chi connectivity index (χ3v) is 28.6. The molecule has 10 aliphatic rings. The van der Waals surface area contributed by atoms with Crippen molar-refractivity contribution in [3.8, 4) is 0 Å². The minimum absolute atomic E-state index is 0.0855. The molecule has 540 valence electrons. The van der Waals surface area contributed by atoms with Crippen LogP contribution >= 0.6 is 0 Å². The number of fused-ring (bicyclic) bond motifs is 31. The average Bonchev–Trinajstić information content (AvgIpc) is 1.50. The van der Waals surface area contributed by atoms with Crippen LogP contribution < -0.4 is 0 Å². The van der Waals surface area contributed by atoms with Gasteiger partial charge in [0.2, 0.25) is 0 Å². The quantitative estimate of drug-likeness (QED) is 0.0526.